The van der Waals surface area contributed by atoms with Crippen LogP contribution in [0, 0.1) is 13.8 Å². The van der Waals surface area contributed by atoms with Crippen molar-refractivity contribution >= 4 is 39.5 Å². The van der Waals surface area contributed by atoms with E-state index in [9.17, 15) is 9.59 Å². The lowest BCUT2D eigenvalue weighted by Gasteiger charge is -2.15. The minimum atomic E-state index is -0.157. The van der Waals surface area contributed by atoms with E-state index in [0.717, 1.165) is 27.7 Å². The summed E-state index contributed by atoms with van der Waals surface area (Å²) in [5.74, 6) is 0.311. The Kier molecular flexibility index (Phi) is 4.36. The number of para-hydroxylation sites is 1. The van der Waals surface area contributed by atoms with Crippen LogP contribution < -0.4 is 5.56 Å². The summed E-state index contributed by atoms with van der Waals surface area (Å²) in [6.45, 7) is 5.55. The number of nitrogens with one attached hydrogen (secondary N) is 1. The van der Waals surface area contributed by atoms with Gasteiger partial charge in [0.2, 0.25) is 0 Å². The Morgan fingerprint density at radius 3 is 2.70 bits per heavy atom. The Morgan fingerprint density at radius 1 is 1.15 bits per heavy atom. The molecule has 136 valence electrons. The smallest absolute Gasteiger partial charge is 0.283 e. The molecule has 0 bridgehead atoms. The maximum absolute atomic E-state index is 13.4. The first kappa shape index (κ1) is 17.5. The van der Waals surface area contributed by atoms with Crippen molar-refractivity contribution in [3.8, 4) is 5.69 Å². The van der Waals surface area contributed by atoms with Crippen molar-refractivity contribution in [2.45, 2.75) is 25.9 Å². The Hall–Kier alpha value is -2.86. The summed E-state index contributed by atoms with van der Waals surface area (Å²) in [7, 11) is 0. The van der Waals surface area contributed by atoms with Crippen LogP contribution in [0.3, 0.4) is 0 Å². The quantitative estimate of drug-likeness (QED) is 0.428. The molecule has 0 aliphatic heterocycles. The molecule has 6 heteroatoms. The summed E-state index contributed by atoms with van der Waals surface area (Å²) in [4.78, 5) is 33.0. The number of hydrogen-bond donors (Lipinski definition) is 1. The van der Waals surface area contributed by atoms with E-state index in [2.05, 4.69) is 4.98 Å². The predicted molar refractivity (Wildman–Crippen MR) is 110 cm³/mol. The van der Waals surface area contributed by atoms with Crippen molar-refractivity contribution in [3.63, 3.8) is 0 Å². The molecule has 0 radical (unpaired) electrons. The number of carbonyl (C=O) groups is 1. The fourth-order valence-corrected chi connectivity index (χ4v) is 3.99. The predicted octanol–water partition coefficient (Wildman–Crippen LogP) is 4.16. The van der Waals surface area contributed by atoms with Crippen molar-refractivity contribution in [1.82, 2.24) is 14.5 Å². The number of aromatic nitrogens is 3. The van der Waals surface area contributed by atoms with Crippen LogP contribution in [-0.2, 0) is 4.79 Å². The lowest BCUT2D eigenvalue weighted by atomic mass is 10.1. The molecule has 2 aromatic carbocycles. The number of fused-ring (bicyclic) bond motifs is 3. The number of thioether (sulfide) groups is 1. The van der Waals surface area contributed by atoms with Crippen LogP contribution in [-0.4, -0.2) is 26.1 Å². The van der Waals surface area contributed by atoms with Gasteiger partial charge in [-0.1, -0.05) is 42.1 Å². The third-order valence-electron chi connectivity index (χ3n) is 4.72. The number of aryl methyl sites for hydroxylation is 1. The molecule has 2 heterocycles. The van der Waals surface area contributed by atoms with Gasteiger partial charge in [-0.15, -0.1) is 0 Å². The molecule has 0 atom stereocenters. The molecule has 0 fully saturated rings. The lowest BCUT2D eigenvalue weighted by Crippen LogP contribution is -2.23. The molecule has 5 nitrogen and oxygen atoms in total. The molecule has 4 aromatic rings. The van der Waals surface area contributed by atoms with E-state index < -0.39 is 0 Å². The number of hydrogen-bond acceptors (Lipinski definition) is 4. The average Bonchev–Trinajstić information content (AvgIpc) is 3.02. The molecule has 0 saturated carbocycles. The third kappa shape index (κ3) is 2.96. The molecule has 2 aromatic heterocycles. The van der Waals surface area contributed by atoms with Gasteiger partial charge in [0.1, 0.15) is 16.8 Å². The van der Waals surface area contributed by atoms with Gasteiger partial charge in [0.05, 0.1) is 11.4 Å². The van der Waals surface area contributed by atoms with Crippen molar-refractivity contribution < 1.29 is 4.79 Å². The fraction of sp³-hybridized carbons (Fsp3) is 0.190. The Morgan fingerprint density at radius 2 is 1.93 bits per heavy atom. The molecule has 0 aliphatic carbocycles. The van der Waals surface area contributed by atoms with Gasteiger partial charge in [0.25, 0.3) is 5.56 Å². The summed E-state index contributed by atoms with van der Waals surface area (Å²) in [6.07, 6.45) is 0. The largest absolute Gasteiger partial charge is 0.349 e. The third-order valence-corrected chi connectivity index (χ3v) is 5.80. The molecule has 1 N–H and O–H groups in total. The molecule has 0 amide bonds. The van der Waals surface area contributed by atoms with E-state index in [1.54, 1.807) is 4.57 Å². The standard InChI is InChI=1S/C21H19N3O2S/c1-12-7-6-10-17(14(12)3)24-20(26)19-18(23-21(24)27-11-13(2)25)15-8-4-5-9-16(15)22-19/h4-10,22H,11H2,1-3H3. The molecule has 0 spiro atoms. The summed E-state index contributed by atoms with van der Waals surface area (Å²) in [5.41, 5.74) is 4.74. The van der Waals surface area contributed by atoms with E-state index in [0.29, 0.717) is 16.2 Å². The van der Waals surface area contributed by atoms with Crippen LogP contribution in [0.5, 0.6) is 0 Å². The van der Waals surface area contributed by atoms with Gasteiger partial charge in [-0.3, -0.25) is 14.2 Å². The molecule has 4 rings (SSSR count). The number of nitrogens with zero attached hydrogens (tertiary/aromatic N) is 2. The topological polar surface area (TPSA) is 67.8 Å². The Balaban J connectivity index is 2.08. The van der Waals surface area contributed by atoms with Gasteiger partial charge < -0.3 is 4.98 Å². The van der Waals surface area contributed by atoms with Crippen LogP contribution in [0.1, 0.15) is 18.1 Å². The van der Waals surface area contributed by atoms with Gasteiger partial charge in [-0.05, 0) is 44.0 Å². The minimum absolute atomic E-state index is 0.0424. The molecular weight excluding hydrogens is 358 g/mol. The highest BCUT2D eigenvalue weighted by Gasteiger charge is 2.18. The number of benzene rings is 2. The highest BCUT2D eigenvalue weighted by molar-refractivity contribution is 7.99. The molecule has 0 saturated heterocycles. The number of carbonyl (C=O) groups excluding carboxylic acids is 1. The number of aromatic amines is 1. The summed E-state index contributed by atoms with van der Waals surface area (Å²) < 4.78 is 1.62. The molecular formula is C21H19N3O2S. The monoisotopic (exact) mass is 377 g/mol. The lowest BCUT2D eigenvalue weighted by molar-refractivity contribution is -0.114. The van der Waals surface area contributed by atoms with Crippen molar-refractivity contribution in [2.75, 3.05) is 5.75 Å². The van der Waals surface area contributed by atoms with Crippen molar-refractivity contribution in [2.24, 2.45) is 0 Å². The first-order valence-electron chi connectivity index (χ1n) is 8.69. The zero-order valence-electron chi connectivity index (χ0n) is 15.4. The minimum Gasteiger partial charge on any atom is -0.349 e. The van der Waals surface area contributed by atoms with Crippen LogP contribution >= 0.6 is 11.8 Å². The van der Waals surface area contributed by atoms with Crippen LogP contribution in [0.25, 0.3) is 27.6 Å². The highest BCUT2D eigenvalue weighted by Crippen LogP contribution is 2.27. The fourth-order valence-electron chi connectivity index (χ4n) is 3.20. The first-order valence-corrected chi connectivity index (χ1v) is 9.68. The maximum atomic E-state index is 13.4. The normalized spacial score (nSPS) is 11.4. The summed E-state index contributed by atoms with van der Waals surface area (Å²) >= 11 is 1.29. The SMILES string of the molecule is CC(=O)CSc1nc2c([nH]c3ccccc32)c(=O)n1-c1cccc(C)c1C. The second-order valence-corrected chi connectivity index (χ2v) is 7.58. The zero-order valence-corrected chi connectivity index (χ0v) is 16.2. The van der Waals surface area contributed by atoms with Gasteiger partial charge >= 0.3 is 0 Å². The van der Waals surface area contributed by atoms with Gasteiger partial charge in [-0.25, -0.2) is 4.98 Å². The van der Waals surface area contributed by atoms with Gasteiger partial charge in [0, 0.05) is 10.9 Å². The highest BCUT2D eigenvalue weighted by atomic mass is 32.2. The number of ketones is 1. The number of Topliss-reactive ketones (excluding diaryl/α,β-unsaturated/α-hetero) is 1. The van der Waals surface area contributed by atoms with E-state index >= 15 is 0 Å². The van der Waals surface area contributed by atoms with E-state index in [4.69, 9.17) is 4.98 Å². The van der Waals surface area contributed by atoms with Gasteiger partial charge in [-0.2, -0.15) is 0 Å². The Bertz CT molecular complexity index is 1250. The van der Waals surface area contributed by atoms with Crippen LogP contribution in [0.2, 0.25) is 0 Å². The number of H-pyrrole nitrogens is 1. The summed E-state index contributed by atoms with van der Waals surface area (Å²) in [6, 6.07) is 13.6. The molecule has 0 unspecified atom stereocenters. The van der Waals surface area contributed by atoms with E-state index in [1.165, 1.54) is 18.7 Å². The Labute approximate surface area is 160 Å². The van der Waals surface area contributed by atoms with Crippen LogP contribution in [0.15, 0.2) is 52.4 Å². The summed E-state index contributed by atoms with van der Waals surface area (Å²) in [5, 5.41) is 1.43. The first-order chi connectivity index (χ1) is 13.0. The van der Waals surface area contributed by atoms with E-state index in [1.807, 2.05) is 56.3 Å². The zero-order chi connectivity index (χ0) is 19.1. The van der Waals surface area contributed by atoms with Gasteiger partial charge in [0.15, 0.2) is 5.16 Å². The van der Waals surface area contributed by atoms with Crippen molar-refractivity contribution in [1.29, 1.82) is 0 Å². The van der Waals surface area contributed by atoms with Crippen molar-refractivity contribution in [3.05, 3.63) is 63.9 Å². The van der Waals surface area contributed by atoms with E-state index in [-0.39, 0.29) is 17.1 Å². The molecule has 27 heavy (non-hydrogen) atoms. The van der Waals surface area contributed by atoms with Crippen LogP contribution in [0.4, 0.5) is 0 Å². The second-order valence-electron chi connectivity index (χ2n) is 6.64. The number of rotatable bonds is 4. The maximum Gasteiger partial charge on any atom is 0.283 e. The second kappa shape index (κ2) is 6.70. The average molecular weight is 377 g/mol. The molecule has 0 aliphatic rings.